The maximum Gasteiger partial charge on any atom is 0.417 e. The number of likely N-dealkylation sites (N-methyl/N-ethyl adjacent to an activating group) is 1. The minimum Gasteiger partial charge on any atom is -0.508 e. The zero-order chi connectivity index (χ0) is 97.0. The van der Waals surface area contributed by atoms with E-state index in [1.165, 1.54) is 7.05 Å². The molecule has 712 valence electrons. The van der Waals surface area contributed by atoms with E-state index in [1.807, 2.05) is 0 Å². The van der Waals surface area contributed by atoms with E-state index >= 15 is 14.4 Å². The lowest BCUT2D eigenvalue weighted by Crippen LogP contribution is -2.71. The van der Waals surface area contributed by atoms with Crippen LogP contribution in [0, 0.1) is 5.92 Å². The van der Waals surface area contributed by atoms with Gasteiger partial charge >= 0.3 is 24.4 Å². The number of aliphatic carboxylic acids is 1. The van der Waals surface area contributed by atoms with Crippen molar-refractivity contribution in [1.82, 2.24) is 47.9 Å². The van der Waals surface area contributed by atoms with Gasteiger partial charge in [0.05, 0.1) is 57.9 Å². The number of nitrogens with one attached hydrogen (secondary N) is 10. The van der Waals surface area contributed by atoms with E-state index in [0.717, 1.165) is 110 Å². The summed E-state index contributed by atoms with van der Waals surface area (Å²) in [6.07, 6.45) is -33.1. The zero-order valence-corrected chi connectivity index (χ0v) is 71.7. The van der Waals surface area contributed by atoms with Gasteiger partial charge in [0.1, 0.15) is 114 Å². The van der Waals surface area contributed by atoms with Crippen LogP contribution in [0.2, 0.25) is 15.1 Å². The number of aliphatic hydroxyl groups excluding tert-OH is 5. The Morgan fingerprint density at radius 3 is 1.85 bits per heavy atom. The number of urea groups is 1. The number of hydrogen-bond acceptors (Lipinski definition) is 28. The number of primary amides is 2. The third-order valence-electron chi connectivity index (χ3n) is 21.8. The molecule has 0 spiro atoms. The molecule has 19 atom stereocenters. The number of amides is 11. The highest BCUT2D eigenvalue weighted by Crippen LogP contribution is 2.50. The van der Waals surface area contributed by atoms with Crippen LogP contribution in [0.3, 0.4) is 0 Å². The zero-order valence-electron chi connectivity index (χ0n) is 69.5. The van der Waals surface area contributed by atoms with Gasteiger partial charge in [-0.15, -0.1) is 0 Å². The van der Waals surface area contributed by atoms with Gasteiger partial charge in [0, 0.05) is 41.1 Å². The Balaban J connectivity index is 1.03. The van der Waals surface area contributed by atoms with Crippen molar-refractivity contribution in [2.24, 2.45) is 17.4 Å². The number of phenols is 3. The van der Waals surface area contributed by atoms with Crippen LogP contribution in [0.15, 0.2) is 121 Å². The Hall–Kier alpha value is -12.7. The highest BCUT2D eigenvalue weighted by atomic mass is 35.5. The van der Waals surface area contributed by atoms with Gasteiger partial charge in [-0.1, -0.05) is 72.9 Å². The highest BCUT2D eigenvalue weighted by Gasteiger charge is 2.55. The monoisotopic (exact) mass is 1930 g/mol. The van der Waals surface area contributed by atoms with E-state index in [4.69, 9.17) is 84.2 Å². The van der Waals surface area contributed by atoms with Crippen LogP contribution in [0.25, 0.3) is 11.1 Å². The molecule has 7 aromatic carbocycles. The molecule has 7 aromatic rings. The molecule has 14 rings (SSSR count). The van der Waals surface area contributed by atoms with E-state index in [9.17, 15) is 111 Å². The van der Waals surface area contributed by atoms with Crippen molar-refractivity contribution in [2.45, 2.75) is 155 Å². The molecule has 49 heteroatoms. The Morgan fingerprint density at radius 1 is 0.609 bits per heavy atom. The minimum absolute atomic E-state index is 0.136. The van der Waals surface area contributed by atoms with Crippen LogP contribution in [-0.2, 0) is 79.2 Å². The van der Waals surface area contributed by atoms with Crippen molar-refractivity contribution in [3.8, 4) is 57.1 Å². The summed E-state index contributed by atoms with van der Waals surface area (Å²) < 4.78 is 135. The maximum absolute atomic E-state index is 16.2. The standard InChI is InChI=1S/C84H85Cl3F6N12O28/c1-30(2)18-45(96-3)73(117)102-59-63(111)32-9-14-49(43(86)21-32)129-51-23-35-24-52(130-50-15-10-33(22-44(50)87)64(112)60-78(122)101-58(79(123)124)40-26-38(107)27-48(109)55(40)39-20-31(8-13-47(39)108)56(75(119)103-60)100-76(120)57(35)99-74(118)46(28-54(94)110)98-77(59)121)67(51)127-16-17-128-81-69(62(68(126-4)70(133-81)71(95)115)105-82(125)97-37-11-12-42(85)41(25-37)84(91,92)93)132-80-61(66(114)65(113)53(29-106)131-80)104-72(116)34-6-5-7-36(19-34)83(88,89)90/h5-15,19-27,30,45-46,53,56-66,68-70,80-81,96,106-109,111-114H,16-18,28-29H2,1-4H3,(H2,94,110)(H2,95,115)(H,98,121)(H,99,118)(H,100,120)(H,101,122)(H,102,117)(H,103,119)(H,104,116)(H,123,124)(H2,97,105,125)/t45?,46-,53?,56?,57+,58-,59+,60?,61?,62?,63+,64?,65?,66?,68?,69?,70?,80?,81?/m0/s1. The fourth-order valence-electron chi connectivity index (χ4n) is 15.3. The number of carboxylic acid groups (broad SMARTS) is 1. The van der Waals surface area contributed by atoms with E-state index in [0.29, 0.717) is 18.2 Å². The second kappa shape index (κ2) is 41.2. The number of rotatable bonds is 22. The summed E-state index contributed by atoms with van der Waals surface area (Å²) in [4.78, 5) is 160. The Kier molecular flexibility index (Phi) is 30.8. The quantitative estimate of drug-likeness (QED) is 0.0339. The molecule has 23 N–H and O–H groups in total. The van der Waals surface area contributed by atoms with E-state index in [2.05, 4.69) is 53.2 Å². The van der Waals surface area contributed by atoms with Gasteiger partial charge in [0.2, 0.25) is 53.0 Å². The van der Waals surface area contributed by atoms with Crippen LogP contribution < -0.4 is 78.8 Å². The minimum atomic E-state index is -5.12. The van der Waals surface area contributed by atoms with Gasteiger partial charge in [-0.05, 0) is 133 Å². The molecule has 0 saturated carbocycles. The number of anilines is 1. The predicted octanol–water partition coefficient (Wildman–Crippen LogP) is 3.81. The number of nitrogens with two attached hydrogens (primary N) is 2. The molecular formula is C84H85Cl3F6N12O28. The lowest BCUT2D eigenvalue weighted by molar-refractivity contribution is -0.336. The largest absolute Gasteiger partial charge is 0.508 e. The summed E-state index contributed by atoms with van der Waals surface area (Å²) in [7, 11) is 2.35. The maximum atomic E-state index is 16.2. The van der Waals surface area contributed by atoms with Gasteiger partial charge in [0.25, 0.3) is 5.91 Å². The van der Waals surface area contributed by atoms with Crippen molar-refractivity contribution in [3.05, 3.63) is 181 Å². The molecule has 40 nitrogen and oxygen atoms in total. The van der Waals surface area contributed by atoms with Crippen molar-refractivity contribution in [2.75, 3.05) is 39.3 Å². The summed E-state index contributed by atoms with van der Waals surface area (Å²) in [5.41, 5.74) is 4.19. The third kappa shape index (κ3) is 22.5. The number of carboxylic acids is 1. The summed E-state index contributed by atoms with van der Waals surface area (Å²) in [6, 6.07) is -3.09. The van der Waals surface area contributed by atoms with E-state index in [1.54, 1.807) is 13.8 Å². The van der Waals surface area contributed by atoms with Crippen LogP contribution >= 0.6 is 34.8 Å². The number of hydrogen-bond donors (Lipinski definition) is 21. The molecule has 7 heterocycles. The Labute approximate surface area is 762 Å². The van der Waals surface area contributed by atoms with Crippen molar-refractivity contribution in [1.29, 1.82) is 0 Å². The number of aromatic hydroxyl groups is 3. The molecule has 0 radical (unpaired) electrons. The highest BCUT2D eigenvalue weighted by molar-refractivity contribution is 6.32. The second-order valence-electron chi connectivity index (χ2n) is 31.3. The fraction of sp³-hybridized carbons (Fsp3) is 0.369. The number of methoxy groups -OCH3 is 1. The van der Waals surface area contributed by atoms with Crippen LogP contribution in [0.1, 0.15) is 106 Å². The number of carbonyl (C=O) groups excluding carboxylic acids is 10. The number of benzene rings is 7. The number of phenolic OH excluding ortho intramolecular Hbond substituents is 3. The average molecular weight is 1930 g/mol. The predicted molar refractivity (Wildman–Crippen MR) is 446 cm³/mol. The molecule has 2 saturated heterocycles. The summed E-state index contributed by atoms with van der Waals surface area (Å²) >= 11 is 20.1. The topological polar surface area (TPSA) is 616 Å². The van der Waals surface area contributed by atoms with Crippen LogP contribution in [0.5, 0.6) is 46.0 Å². The number of fused-ring (bicyclic) bond motifs is 15. The van der Waals surface area contributed by atoms with Gasteiger partial charge in [0.15, 0.2) is 36.2 Å². The Bertz CT molecular complexity index is 5680. The number of halogens is 9. The van der Waals surface area contributed by atoms with E-state index in [-0.39, 0.29) is 23.5 Å². The molecule has 14 unspecified atom stereocenters. The molecule has 2 fully saturated rings. The number of ether oxygens (including phenoxy) is 8. The van der Waals surface area contributed by atoms with Crippen LogP contribution in [-0.4, -0.2) is 231 Å². The summed E-state index contributed by atoms with van der Waals surface area (Å²) in [5.74, 6) is -20.1. The number of carbonyl (C=O) groups is 11. The molecule has 0 aliphatic carbocycles. The van der Waals surface area contributed by atoms with Crippen molar-refractivity contribution >= 4 is 106 Å². The number of aliphatic hydroxyl groups is 5. The van der Waals surface area contributed by atoms with E-state index < -0.39 is 331 Å². The second-order valence-corrected chi connectivity index (χ2v) is 32.5. The summed E-state index contributed by atoms with van der Waals surface area (Å²) in [5, 5.41) is 125. The fourth-order valence-corrected chi connectivity index (χ4v) is 16.0. The summed E-state index contributed by atoms with van der Waals surface area (Å²) in [6.45, 7) is 0.408. The molecule has 11 bridgehead atoms. The van der Waals surface area contributed by atoms with Gasteiger partial charge in [-0.3, -0.25) is 43.2 Å². The van der Waals surface area contributed by atoms with Gasteiger partial charge in [-0.2, -0.15) is 26.3 Å². The van der Waals surface area contributed by atoms with Crippen molar-refractivity contribution < 1.29 is 163 Å². The first-order valence-electron chi connectivity index (χ1n) is 40.1. The molecule has 11 amide bonds. The SMILES string of the molecule is CNC(CC(C)C)C(=O)N[C@H]1C(=O)N[C@@H](CC(N)=O)C(=O)N[C@H]2C(=O)NC3C(=O)NC(C(=O)N[C@H](C(=O)O)c4cc(O)cc(O)c4-c4cc3ccc4O)C(O)c3ccc(c(Cl)c3)Oc3cc2cc(c3OCCOC2OC(C(N)=O)C(OC)C(NC(=O)Nc3ccc(Cl)c(C(F)(F)F)c3)C2OC2OC(CO)C(O)C(O)C2NC(=O)c2cccc(C(F)(F)F)c2)Oc2ccc(cc2Cl)[C@H]1O. The first-order valence-corrected chi connectivity index (χ1v) is 41.2. The van der Waals surface area contributed by atoms with Gasteiger partial charge < -0.3 is 148 Å². The third-order valence-corrected chi connectivity index (χ3v) is 22.7. The normalized spacial score (nSPS) is 25.3. The molecule has 7 aliphatic heterocycles. The van der Waals surface area contributed by atoms with Crippen LogP contribution in [0.4, 0.5) is 36.8 Å². The number of alkyl halides is 6. The average Bonchev–Trinajstić information content (AvgIpc) is 0.755. The molecule has 0 aromatic heterocycles. The lowest BCUT2D eigenvalue weighted by Gasteiger charge is -2.48. The Morgan fingerprint density at radius 2 is 1.25 bits per heavy atom. The van der Waals surface area contributed by atoms with Gasteiger partial charge in [-0.25, -0.2) is 9.59 Å². The lowest BCUT2D eigenvalue weighted by atomic mass is 9.89. The molecule has 133 heavy (non-hydrogen) atoms. The first-order chi connectivity index (χ1) is 62.7. The van der Waals surface area contributed by atoms with Crippen molar-refractivity contribution in [3.63, 3.8) is 0 Å². The molecular weight excluding hydrogens is 1850 g/mol. The smallest absolute Gasteiger partial charge is 0.417 e. The molecule has 7 aliphatic rings. The first kappa shape index (κ1) is 99.3.